The largest absolute Gasteiger partial charge is 0.462 e. The molecule has 2 aromatic heterocycles. The first kappa shape index (κ1) is 15.2. The lowest BCUT2D eigenvalue weighted by Gasteiger charge is -2.06. The van der Waals surface area contributed by atoms with Crippen molar-refractivity contribution in [2.45, 2.75) is 26.8 Å². The van der Waals surface area contributed by atoms with Gasteiger partial charge in [-0.15, -0.1) is 0 Å². The molecule has 0 saturated carbocycles. The molecule has 0 saturated heterocycles. The number of ether oxygens (including phenoxy) is 1. The highest BCUT2D eigenvalue weighted by molar-refractivity contribution is 6.08. The zero-order valence-corrected chi connectivity index (χ0v) is 13.5. The van der Waals surface area contributed by atoms with E-state index >= 15 is 0 Å². The zero-order valence-electron chi connectivity index (χ0n) is 13.5. The molecule has 0 aliphatic heterocycles. The molecule has 23 heavy (non-hydrogen) atoms. The minimum absolute atomic E-state index is 0.139. The van der Waals surface area contributed by atoms with E-state index in [-0.39, 0.29) is 12.0 Å². The number of carbonyl (C=O) groups is 1. The maximum atomic E-state index is 12.3. The Morgan fingerprint density at radius 2 is 1.96 bits per heavy atom. The van der Waals surface area contributed by atoms with Gasteiger partial charge < -0.3 is 4.74 Å². The third-order valence-electron chi connectivity index (χ3n) is 3.62. The van der Waals surface area contributed by atoms with Crippen LogP contribution in [0.4, 0.5) is 0 Å². The average Bonchev–Trinajstić information content (AvgIpc) is 2.95. The fourth-order valence-electron chi connectivity index (χ4n) is 2.60. The zero-order chi connectivity index (χ0) is 16.4. The fraction of sp³-hybridized carbons (Fsp3) is 0.278. The lowest BCUT2D eigenvalue weighted by molar-refractivity contribution is 0.0528. The third-order valence-corrected chi connectivity index (χ3v) is 3.62. The van der Waals surface area contributed by atoms with Crippen LogP contribution in [0.15, 0.2) is 42.6 Å². The minimum Gasteiger partial charge on any atom is -0.462 e. The Hall–Kier alpha value is -2.69. The molecule has 2 heterocycles. The first-order valence-corrected chi connectivity index (χ1v) is 7.73. The van der Waals surface area contributed by atoms with E-state index < -0.39 is 0 Å². The van der Waals surface area contributed by atoms with Crippen molar-refractivity contribution >= 4 is 17.0 Å². The molecule has 0 fully saturated rings. The first-order chi connectivity index (χ1) is 11.1. The molecule has 0 N–H and O–H groups in total. The summed E-state index contributed by atoms with van der Waals surface area (Å²) in [5, 5.41) is 5.45. The summed E-state index contributed by atoms with van der Waals surface area (Å²) < 4.78 is 7.04. The van der Waals surface area contributed by atoms with Gasteiger partial charge in [0.15, 0.2) is 5.65 Å². The molecule has 0 radical (unpaired) electrons. The van der Waals surface area contributed by atoms with Crippen molar-refractivity contribution in [3.63, 3.8) is 0 Å². The van der Waals surface area contributed by atoms with E-state index in [2.05, 4.69) is 4.98 Å². The molecule has 1 aromatic carbocycles. The number of carbonyl (C=O) groups excluding carboxylic acids is 1. The van der Waals surface area contributed by atoms with E-state index in [4.69, 9.17) is 9.84 Å². The third kappa shape index (κ3) is 2.70. The number of hydrogen-bond donors (Lipinski definition) is 0. The Bertz CT molecular complexity index is 838. The van der Waals surface area contributed by atoms with E-state index in [9.17, 15) is 4.79 Å². The summed E-state index contributed by atoms with van der Waals surface area (Å²) in [6, 6.07) is 11.7. The van der Waals surface area contributed by atoms with Gasteiger partial charge in [0.2, 0.25) is 0 Å². The predicted octanol–water partition coefficient (Wildman–Crippen LogP) is 3.86. The van der Waals surface area contributed by atoms with Crippen LogP contribution in [0.5, 0.6) is 0 Å². The van der Waals surface area contributed by atoms with Crippen molar-refractivity contribution in [3.05, 3.63) is 48.2 Å². The van der Waals surface area contributed by atoms with Gasteiger partial charge >= 0.3 is 5.97 Å². The van der Waals surface area contributed by atoms with Crippen molar-refractivity contribution in [2.75, 3.05) is 6.61 Å². The Labute approximate surface area is 134 Å². The Balaban J connectivity index is 2.32. The SMILES string of the molecule is CCOC(=O)c1ccnc2c1c(-c1ccccc1)nn2C(C)C. The summed E-state index contributed by atoms with van der Waals surface area (Å²) in [6.07, 6.45) is 1.63. The Morgan fingerprint density at radius 1 is 1.22 bits per heavy atom. The monoisotopic (exact) mass is 309 g/mol. The Morgan fingerprint density at radius 3 is 2.61 bits per heavy atom. The quantitative estimate of drug-likeness (QED) is 0.687. The molecule has 0 unspecified atom stereocenters. The number of esters is 1. The molecule has 0 amide bonds. The number of hydrogen-bond acceptors (Lipinski definition) is 4. The number of nitrogens with zero attached hydrogens (tertiary/aromatic N) is 3. The molecule has 3 rings (SSSR count). The smallest absolute Gasteiger partial charge is 0.339 e. The summed E-state index contributed by atoms with van der Waals surface area (Å²) in [4.78, 5) is 16.8. The Kier molecular flexibility index (Phi) is 4.10. The highest BCUT2D eigenvalue weighted by Gasteiger charge is 2.22. The highest BCUT2D eigenvalue weighted by atomic mass is 16.5. The molecule has 5 nitrogen and oxygen atoms in total. The fourth-order valence-corrected chi connectivity index (χ4v) is 2.60. The van der Waals surface area contributed by atoms with Crippen LogP contribution in [0.1, 0.15) is 37.2 Å². The number of aromatic nitrogens is 3. The highest BCUT2D eigenvalue weighted by Crippen LogP contribution is 2.31. The van der Waals surface area contributed by atoms with Crippen LogP contribution < -0.4 is 0 Å². The second-order valence-corrected chi connectivity index (χ2v) is 5.53. The average molecular weight is 309 g/mol. The maximum Gasteiger partial charge on any atom is 0.339 e. The van der Waals surface area contributed by atoms with Crippen LogP contribution in [0.25, 0.3) is 22.3 Å². The van der Waals surface area contributed by atoms with Crippen LogP contribution in [-0.4, -0.2) is 27.3 Å². The minimum atomic E-state index is -0.347. The molecular formula is C18H19N3O2. The molecule has 5 heteroatoms. The van der Waals surface area contributed by atoms with Gasteiger partial charge in [0, 0.05) is 17.8 Å². The van der Waals surface area contributed by atoms with Gasteiger partial charge in [0.25, 0.3) is 0 Å². The topological polar surface area (TPSA) is 57.0 Å². The summed E-state index contributed by atoms with van der Waals surface area (Å²) in [5.74, 6) is -0.347. The number of rotatable bonds is 4. The molecule has 3 aromatic rings. The lowest BCUT2D eigenvalue weighted by Crippen LogP contribution is -2.07. The van der Waals surface area contributed by atoms with E-state index in [0.717, 1.165) is 16.6 Å². The predicted molar refractivity (Wildman–Crippen MR) is 89.3 cm³/mol. The van der Waals surface area contributed by atoms with Crippen molar-refractivity contribution < 1.29 is 9.53 Å². The van der Waals surface area contributed by atoms with Crippen LogP contribution in [0.2, 0.25) is 0 Å². The summed E-state index contributed by atoms with van der Waals surface area (Å²) in [6.45, 7) is 6.22. The standard InChI is InChI=1S/C18H19N3O2/c1-4-23-18(22)14-10-11-19-17-15(14)16(20-21(17)12(2)3)13-8-6-5-7-9-13/h5-12H,4H2,1-3H3. The van der Waals surface area contributed by atoms with E-state index in [0.29, 0.717) is 17.8 Å². The van der Waals surface area contributed by atoms with Gasteiger partial charge in [-0.3, -0.25) is 0 Å². The van der Waals surface area contributed by atoms with Gasteiger partial charge in [0.05, 0.1) is 17.6 Å². The van der Waals surface area contributed by atoms with E-state index in [1.54, 1.807) is 19.2 Å². The molecule has 0 atom stereocenters. The van der Waals surface area contributed by atoms with E-state index in [1.807, 2.05) is 48.9 Å². The van der Waals surface area contributed by atoms with Gasteiger partial charge in [-0.1, -0.05) is 30.3 Å². The molecule has 118 valence electrons. The molecular weight excluding hydrogens is 290 g/mol. The van der Waals surface area contributed by atoms with Gasteiger partial charge in [-0.25, -0.2) is 14.5 Å². The van der Waals surface area contributed by atoms with Crippen LogP contribution in [0.3, 0.4) is 0 Å². The second-order valence-electron chi connectivity index (χ2n) is 5.53. The summed E-state index contributed by atoms with van der Waals surface area (Å²) in [7, 11) is 0. The number of benzene rings is 1. The van der Waals surface area contributed by atoms with Crippen molar-refractivity contribution in [1.29, 1.82) is 0 Å². The van der Waals surface area contributed by atoms with Crippen molar-refractivity contribution in [2.24, 2.45) is 0 Å². The van der Waals surface area contributed by atoms with Gasteiger partial charge in [-0.05, 0) is 26.8 Å². The molecule has 0 spiro atoms. The van der Waals surface area contributed by atoms with Gasteiger partial charge in [-0.2, -0.15) is 5.10 Å². The molecule has 0 aliphatic rings. The van der Waals surface area contributed by atoms with Crippen molar-refractivity contribution in [3.8, 4) is 11.3 Å². The number of fused-ring (bicyclic) bond motifs is 1. The first-order valence-electron chi connectivity index (χ1n) is 7.73. The number of pyridine rings is 1. The second kappa shape index (κ2) is 6.20. The molecule has 0 aliphatic carbocycles. The maximum absolute atomic E-state index is 12.3. The van der Waals surface area contributed by atoms with Gasteiger partial charge in [0.1, 0.15) is 5.69 Å². The lowest BCUT2D eigenvalue weighted by atomic mass is 10.1. The van der Waals surface area contributed by atoms with Crippen LogP contribution >= 0.6 is 0 Å². The summed E-state index contributed by atoms with van der Waals surface area (Å²) >= 11 is 0. The van der Waals surface area contributed by atoms with Crippen LogP contribution in [-0.2, 0) is 4.74 Å². The van der Waals surface area contributed by atoms with E-state index in [1.165, 1.54) is 0 Å². The van der Waals surface area contributed by atoms with Crippen LogP contribution in [0, 0.1) is 0 Å². The summed E-state index contributed by atoms with van der Waals surface area (Å²) in [5.41, 5.74) is 2.91. The normalized spacial score (nSPS) is 11.1. The van der Waals surface area contributed by atoms with Crippen molar-refractivity contribution in [1.82, 2.24) is 14.8 Å². The molecule has 0 bridgehead atoms.